The molecule has 5 rings (SSSR count). The van der Waals surface area contributed by atoms with Gasteiger partial charge in [0, 0.05) is 35.0 Å². The quantitative estimate of drug-likeness (QED) is 0.259. The van der Waals surface area contributed by atoms with Crippen LogP contribution in [0.4, 0.5) is 5.69 Å². The number of fused-ring (bicyclic) bond motifs is 1. The van der Waals surface area contributed by atoms with Crippen LogP contribution in [0.2, 0.25) is 0 Å². The SMILES string of the molecule is O=C(N/N=C/c1cn(-c2ccccc2)nc1-c1ccc2c(c1)OCCO2)c1ccc([N+](=O)[O-])cc1. The van der Waals surface area contributed by atoms with Crippen molar-refractivity contribution in [1.29, 1.82) is 0 Å². The zero-order valence-electron chi connectivity index (χ0n) is 18.3. The maximum Gasteiger partial charge on any atom is 0.271 e. The minimum Gasteiger partial charge on any atom is -0.486 e. The van der Waals surface area contributed by atoms with Crippen LogP contribution in [-0.4, -0.2) is 40.0 Å². The van der Waals surface area contributed by atoms with E-state index >= 15 is 0 Å². The molecule has 0 bridgehead atoms. The minimum atomic E-state index is -0.524. The molecule has 1 aliphatic heterocycles. The van der Waals surface area contributed by atoms with Gasteiger partial charge in [-0.1, -0.05) is 18.2 Å². The monoisotopic (exact) mass is 469 g/mol. The van der Waals surface area contributed by atoms with Gasteiger partial charge in [0.15, 0.2) is 11.5 Å². The van der Waals surface area contributed by atoms with Crippen molar-refractivity contribution in [1.82, 2.24) is 15.2 Å². The highest BCUT2D eigenvalue weighted by molar-refractivity contribution is 5.96. The molecular weight excluding hydrogens is 450 g/mol. The number of hydrogen-bond donors (Lipinski definition) is 1. The molecule has 0 radical (unpaired) electrons. The lowest BCUT2D eigenvalue weighted by atomic mass is 10.1. The average molecular weight is 469 g/mol. The van der Waals surface area contributed by atoms with E-state index in [2.05, 4.69) is 10.5 Å². The summed E-state index contributed by atoms with van der Waals surface area (Å²) in [7, 11) is 0. The minimum absolute atomic E-state index is 0.0950. The van der Waals surface area contributed by atoms with Crippen LogP contribution in [0.25, 0.3) is 16.9 Å². The molecule has 0 fully saturated rings. The fourth-order valence-electron chi connectivity index (χ4n) is 3.57. The van der Waals surface area contributed by atoms with Crippen LogP contribution in [0.15, 0.2) is 84.1 Å². The first-order valence-electron chi connectivity index (χ1n) is 10.7. The summed E-state index contributed by atoms with van der Waals surface area (Å²) >= 11 is 0. The Balaban J connectivity index is 1.43. The van der Waals surface area contributed by atoms with Gasteiger partial charge in [-0.3, -0.25) is 14.9 Å². The van der Waals surface area contributed by atoms with E-state index in [-0.39, 0.29) is 11.3 Å². The number of amides is 1. The van der Waals surface area contributed by atoms with Crippen molar-refractivity contribution in [3.05, 3.63) is 100 Å². The van der Waals surface area contributed by atoms with E-state index in [1.165, 1.54) is 30.5 Å². The van der Waals surface area contributed by atoms with Gasteiger partial charge in [-0.15, -0.1) is 0 Å². The van der Waals surface area contributed by atoms with Gasteiger partial charge in [-0.2, -0.15) is 10.2 Å². The Morgan fingerprint density at radius 3 is 2.51 bits per heavy atom. The summed E-state index contributed by atoms with van der Waals surface area (Å²) < 4.78 is 13.0. The molecule has 0 aliphatic carbocycles. The molecule has 1 aliphatic rings. The van der Waals surface area contributed by atoms with Crippen molar-refractivity contribution in [2.24, 2.45) is 5.10 Å². The molecule has 1 N–H and O–H groups in total. The van der Waals surface area contributed by atoms with Crippen LogP contribution in [0.5, 0.6) is 11.5 Å². The fraction of sp³-hybridized carbons (Fsp3) is 0.0800. The molecule has 174 valence electrons. The van der Waals surface area contributed by atoms with Gasteiger partial charge in [0.25, 0.3) is 11.6 Å². The second-order valence-corrected chi connectivity index (χ2v) is 7.57. The molecule has 0 atom stereocenters. The molecule has 1 aromatic heterocycles. The van der Waals surface area contributed by atoms with Crippen molar-refractivity contribution < 1.29 is 19.2 Å². The number of aromatic nitrogens is 2. The highest BCUT2D eigenvalue weighted by Crippen LogP contribution is 2.35. The zero-order chi connectivity index (χ0) is 24.2. The number of ether oxygens (including phenoxy) is 2. The van der Waals surface area contributed by atoms with E-state index in [9.17, 15) is 14.9 Å². The Hall–Kier alpha value is -4.99. The molecule has 35 heavy (non-hydrogen) atoms. The lowest BCUT2D eigenvalue weighted by Crippen LogP contribution is -2.17. The number of carbonyl (C=O) groups is 1. The van der Waals surface area contributed by atoms with Gasteiger partial charge in [-0.25, -0.2) is 10.1 Å². The summed E-state index contributed by atoms with van der Waals surface area (Å²) in [4.78, 5) is 22.7. The normalized spacial score (nSPS) is 12.5. The molecule has 0 saturated carbocycles. The second-order valence-electron chi connectivity index (χ2n) is 7.57. The van der Waals surface area contributed by atoms with Crippen LogP contribution in [0.3, 0.4) is 0 Å². The first-order valence-corrected chi connectivity index (χ1v) is 10.7. The molecule has 1 amide bonds. The van der Waals surface area contributed by atoms with E-state index in [1.54, 1.807) is 4.68 Å². The van der Waals surface area contributed by atoms with Crippen molar-refractivity contribution in [3.8, 4) is 28.4 Å². The number of nitrogens with one attached hydrogen (secondary N) is 1. The number of nitro benzene ring substituents is 1. The number of rotatable bonds is 6. The molecule has 4 aromatic rings. The van der Waals surface area contributed by atoms with Crippen LogP contribution < -0.4 is 14.9 Å². The first kappa shape index (κ1) is 21.8. The summed E-state index contributed by atoms with van der Waals surface area (Å²) in [5.41, 5.74) is 5.57. The van der Waals surface area contributed by atoms with Crippen LogP contribution >= 0.6 is 0 Å². The van der Waals surface area contributed by atoms with E-state index in [1.807, 2.05) is 54.7 Å². The maximum atomic E-state index is 12.4. The standard InChI is InChI=1S/C25H19N5O5/c31-25(17-6-9-21(10-7-17)30(32)33)27-26-15-19-16-29(20-4-2-1-3-5-20)28-24(19)18-8-11-22-23(14-18)35-13-12-34-22/h1-11,14-16H,12-13H2,(H,27,31)/b26-15+. The van der Waals surface area contributed by atoms with Crippen LogP contribution in [0.1, 0.15) is 15.9 Å². The van der Waals surface area contributed by atoms with Crippen molar-refractivity contribution in [2.75, 3.05) is 13.2 Å². The predicted molar refractivity (Wildman–Crippen MR) is 128 cm³/mol. The Kier molecular flexibility index (Phi) is 5.91. The van der Waals surface area contributed by atoms with Gasteiger partial charge in [0.2, 0.25) is 0 Å². The number of carbonyl (C=O) groups excluding carboxylic acids is 1. The van der Waals surface area contributed by atoms with Gasteiger partial charge in [0.1, 0.15) is 18.9 Å². The van der Waals surface area contributed by atoms with Gasteiger partial charge in [0.05, 0.1) is 16.8 Å². The highest BCUT2D eigenvalue weighted by Gasteiger charge is 2.17. The largest absolute Gasteiger partial charge is 0.486 e. The van der Waals surface area contributed by atoms with Crippen molar-refractivity contribution in [3.63, 3.8) is 0 Å². The number of para-hydroxylation sites is 1. The van der Waals surface area contributed by atoms with E-state index in [0.29, 0.717) is 36.0 Å². The molecule has 3 aromatic carbocycles. The molecule has 10 heteroatoms. The molecule has 0 unspecified atom stereocenters. The third kappa shape index (κ3) is 4.71. The third-order valence-electron chi connectivity index (χ3n) is 5.29. The van der Waals surface area contributed by atoms with Crippen molar-refractivity contribution >= 4 is 17.8 Å². The number of nitrogens with zero attached hydrogens (tertiary/aromatic N) is 4. The predicted octanol–water partition coefficient (Wildman–Crippen LogP) is 3.98. The zero-order valence-corrected chi connectivity index (χ0v) is 18.3. The number of hydrazone groups is 1. The molecule has 0 saturated heterocycles. The summed E-state index contributed by atoms with van der Waals surface area (Å²) in [5, 5.41) is 19.6. The smallest absolute Gasteiger partial charge is 0.271 e. The number of nitro groups is 1. The summed E-state index contributed by atoms with van der Waals surface area (Å²) in [6.45, 7) is 0.971. The van der Waals surface area contributed by atoms with Gasteiger partial charge in [-0.05, 0) is 42.5 Å². The summed E-state index contributed by atoms with van der Waals surface area (Å²) in [6, 6.07) is 20.5. The maximum absolute atomic E-state index is 12.4. The van der Waals surface area contributed by atoms with Crippen LogP contribution in [-0.2, 0) is 0 Å². The van der Waals surface area contributed by atoms with Gasteiger partial charge >= 0.3 is 0 Å². The molecule has 10 nitrogen and oxygen atoms in total. The Morgan fingerprint density at radius 2 is 1.77 bits per heavy atom. The van der Waals surface area contributed by atoms with Crippen molar-refractivity contribution in [2.45, 2.75) is 0 Å². The number of benzene rings is 3. The second kappa shape index (κ2) is 9.48. The lowest BCUT2D eigenvalue weighted by Gasteiger charge is -2.18. The number of hydrogen-bond acceptors (Lipinski definition) is 7. The summed E-state index contributed by atoms with van der Waals surface area (Å²) in [5.74, 6) is 0.818. The molecule has 0 spiro atoms. The Morgan fingerprint density at radius 1 is 1.03 bits per heavy atom. The van der Waals surface area contributed by atoms with Gasteiger partial charge < -0.3 is 9.47 Å². The Labute approximate surface area is 199 Å². The van der Waals surface area contributed by atoms with E-state index in [4.69, 9.17) is 14.6 Å². The molecular formula is C25H19N5O5. The molecule has 2 heterocycles. The Bertz CT molecular complexity index is 1410. The highest BCUT2D eigenvalue weighted by atomic mass is 16.6. The number of non-ortho nitro benzene ring substituents is 1. The van der Waals surface area contributed by atoms with E-state index in [0.717, 1.165) is 11.3 Å². The summed E-state index contributed by atoms with van der Waals surface area (Å²) in [6.07, 6.45) is 3.31. The first-order chi connectivity index (χ1) is 17.1. The fourth-order valence-corrected chi connectivity index (χ4v) is 3.57. The lowest BCUT2D eigenvalue weighted by molar-refractivity contribution is -0.384. The topological polar surface area (TPSA) is 121 Å². The third-order valence-corrected chi connectivity index (χ3v) is 5.29. The average Bonchev–Trinajstić information content (AvgIpc) is 3.33. The van der Waals surface area contributed by atoms with E-state index < -0.39 is 10.8 Å². The van der Waals surface area contributed by atoms with Crippen LogP contribution in [0, 0.1) is 10.1 Å².